The van der Waals surface area contributed by atoms with Crippen LogP contribution in [0, 0.1) is 35.5 Å². The van der Waals surface area contributed by atoms with E-state index in [4.69, 9.17) is 32.2 Å². The largest absolute Gasteiger partial charge is 0.497 e. The number of benzene rings is 4. The van der Waals surface area contributed by atoms with E-state index in [1.165, 1.54) is 0 Å². The van der Waals surface area contributed by atoms with Crippen molar-refractivity contribution in [3.05, 3.63) is 162 Å². The Morgan fingerprint density at radius 1 is 0.590 bits per heavy atom. The molecule has 0 saturated carbocycles. The fourth-order valence-electron chi connectivity index (χ4n) is 10.9. The molecular weight excluding hydrogens is 1080 g/mol. The maximum atomic E-state index is 11.8. The van der Waals surface area contributed by atoms with Gasteiger partial charge in [-0.05, 0) is 126 Å². The van der Waals surface area contributed by atoms with Crippen LogP contribution < -0.4 is 4.74 Å². The summed E-state index contributed by atoms with van der Waals surface area (Å²) in [6, 6.07) is 39.7. The molecule has 0 amide bonds. The molecule has 0 spiro atoms. The van der Waals surface area contributed by atoms with Gasteiger partial charge in [0.25, 0.3) is 0 Å². The average Bonchev–Trinajstić information content (AvgIpc) is 3.48. The SMILES string of the molecule is COc1ccc(C2OC[C@H](C)[C@@H]([C@@H](C)[C@H](O)CC[C@H](C)C[C@@H](C)[C@@H](O[Si](C)(C)C(C)(C)C)[C@@H](C)C=C[C@H](C[C@H](O[Si](C)(C)C(C)(C)C)[C@@H](C)C=CCOC(c3ccccc3)(c3ccccc3)c3ccccc3)O[Si](C)(C)C(C)(C)C)O2)cc1. The lowest BCUT2D eigenvalue weighted by Crippen LogP contribution is -2.48. The number of methoxy groups -OCH3 is 1. The smallest absolute Gasteiger partial charge is 0.192 e. The van der Waals surface area contributed by atoms with E-state index in [0.29, 0.717) is 25.6 Å². The average molecular weight is 1190 g/mol. The first-order valence-electron chi connectivity index (χ1n) is 31.4. The number of aliphatic hydroxyl groups is 1. The second-order valence-corrected chi connectivity index (χ2v) is 43.6. The quantitative estimate of drug-likeness (QED) is 0.0327. The Bertz CT molecular complexity index is 2470. The molecule has 4 aromatic rings. The summed E-state index contributed by atoms with van der Waals surface area (Å²) in [6.07, 6.45) is 11.3. The van der Waals surface area contributed by atoms with Crippen molar-refractivity contribution in [1.82, 2.24) is 0 Å². The molecule has 4 aromatic carbocycles. The standard InChI is InChI=1S/C72H114O8Si3/c1-52(40-47-64(73)57(6)67-56(5)51-75-68(77-67)58-42-45-62(74-16)46-43-58)49-55(4)66(80-83(21,22)71(13,14)15)54(3)41-44-63(78-81(17,18)69(7,8)9)50-65(79-82(19,20)70(10,11)12)53(2)33-32-48-76-72(59-34-26-23-27-35-59,60-36-28-24-29-37-60)61-38-30-25-31-39-61/h23-39,41-46,52-57,63-68,73H,40,47-51H2,1-22H3/t52-,53-,54-,55+,56-,57-,63+,64+,65-,66-,67-,68?/m0/s1. The Balaban J connectivity index is 1.40. The number of hydrogen-bond acceptors (Lipinski definition) is 8. The van der Waals surface area contributed by atoms with Gasteiger partial charge in [0.2, 0.25) is 0 Å². The second kappa shape index (κ2) is 30.0. The molecule has 0 aliphatic carbocycles. The van der Waals surface area contributed by atoms with Crippen LogP contribution >= 0.6 is 0 Å². The molecule has 11 heteroatoms. The summed E-state index contributed by atoms with van der Waals surface area (Å²) in [5, 5.41) is 11.9. The molecular formula is C72H114O8Si3. The lowest BCUT2D eigenvalue weighted by molar-refractivity contribution is -0.256. The minimum absolute atomic E-state index is 0.00532. The van der Waals surface area contributed by atoms with Crippen molar-refractivity contribution in [2.24, 2.45) is 35.5 Å². The fourth-order valence-corrected chi connectivity index (χ4v) is 15.1. The highest BCUT2D eigenvalue weighted by molar-refractivity contribution is 6.75. The Kier molecular flexibility index (Phi) is 25.4. The highest BCUT2D eigenvalue weighted by Gasteiger charge is 2.45. The molecule has 1 heterocycles. The fraction of sp³-hybridized carbons (Fsp3) is 0.611. The van der Waals surface area contributed by atoms with Gasteiger partial charge in [-0.3, -0.25) is 0 Å². The van der Waals surface area contributed by atoms with Crippen molar-refractivity contribution in [1.29, 1.82) is 0 Å². The minimum atomic E-state index is -2.28. The van der Waals surface area contributed by atoms with Gasteiger partial charge >= 0.3 is 0 Å². The summed E-state index contributed by atoms with van der Waals surface area (Å²) in [4.78, 5) is 0. The third-order valence-corrected chi connectivity index (χ3v) is 33.0. The molecule has 1 saturated heterocycles. The van der Waals surface area contributed by atoms with Crippen LogP contribution in [-0.4, -0.2) is 80.9 Å². The number of hydrogen-bond donors (Lipinski definition) is 1. The van der Waals surface area contributed by atoms with Gasteiger partial charge < -0.3 is 37.3 Å². The zero-order chi connectivity index (χ0) is 61.8. The van der Waals surface area contributed by atoms with E-state index in [1.807, 2.05) is 24.3 Å². The second-order valence-electron chi connectivity index (χ2n) is 29.4. The van der Waals surface area contributed by atoms with Gasteiger partial charge in [-0.15, -0.1) is 0 Å². The molecule has 1 aliphatic rings. The molecule has 8 nitrogen and oxygen atoms in total. The van der Waals surface area contributed by atoms with Crippen LogP contribution in [0.25, 0.3) is 0 Å². The van der Waals surface area contributed by atoms with Gasteiger partial charge in [-0.2, -0.15) is 0 Å². The Morgan fingerprint density at radius 2 is 1.07 bits per heavy atom. The van der Waals surface area contributed by atoms with Crippen LogP contribution in [0.2, 0.25) is 54.4 Å². The summed E-state index contributed by atoms with van der Waals surface area (Å²) in [5.74, 6) is 1.73. The summed E-state index contributed by atoms with van der Waals surface area (Å²) in [5.41, 5.74) is 3.40. The van der Waals surface area contributed by atoms with E-state index in [9.17, 15) is 5.11 Å². The lowest BCUT2D eigenvalue weighted by Gasteiger charge is -2.44. The Hall–Kier alpha value is -3.47. The van der Waals surface area contributed by atoms with Crippen LogP contribution in [-0.2, 0) is 33.1 Å². The predicted octanol–water partition coefficient (Wildman–Crippen LogP) is 19.1. The van der Waals surface area contributed by atoms with Gasteiger partial charge in [0, 0.05) is 23.8 Å². The maximum absolute atomic E-state index is 11.8. The van der Waals surface area contributed by atoms with Gasteiger partial charge in [0.15, 0.2) is 31.2 Å². The molecule has 12 atom stereocenters. The molecule has 1 unspecified atom stereocenters. The molecule has 0 bridgehead atoms. The molecule has 1 fully saturated rings. The van der Waals surface area contributed by atoms with Gasteiger partial charge in [-0.25, -0.2) is 0 Å². The molecule has 0 aromatic heterocycles. The van der Waals surface area contributed by atoms with E-state index in [2.05, 4.69) is 258 Å². The van der Waals surface area contributed by atoms with E-state index < -0.39 is 42.9 Å². The first kappa shape index (κ1) is 70.3. The third-order valence-electron chi connectivity index (χ3n) is 19.5. The van der Waals surface area contributed by atoms with Crippen molar-refractivity contribution in [2.75, 3.05) is 20.3 Å². The highest BCUT2D eigenvalue weighted by Crippen LogP contribution is 2.45. The zero-order valence-corrected chi connectivity index (χ0v) is 58.8. The number of rotatable bonds is 29. The highest BCUT2D eigenvalue weighted by atomic mass is 28.4. The van der Waals surface area contributed by atoms with Crippen LogP contribution in [0.5, 0.6) is 5.75 Å². The summed E-state index contributed by atoms with van der Waals surface area (Å²) < 4.78 is 48.0. The van der Waals surface area contributed by atoms with Crippen LogP contribution in [0.4, 0.5) is 0 Å². The number of aliphatic hydroxyl groups excluding tert-OH is 1. The first-order valence-corrected chi connectivity index (χ1v) is 40.1. The van der Waals surface area contributed by atoms with Crippen LogP contribution in [0.3, 0.4) is 0 Å². The van der Waals surface area contributed by atoms with E-state index >= 15 is 0 Å². The third kappa shape index (κ3) is 19.0. The lowest BCUT2D eigenvalue weighted by atomic mass is 9.80. The first-order chi connectivity index (χ1) is 38.6. The van der Waals surface area contributed by atoms with Crippen molar-refractivity contribution in [3.63, 3.8) is 0 Å². The number of ether oxygens (including phenoxy) is 4. The zero-order valence-electron chi connectivity index (χ0n) is 55.8. The molecule has 0 radical (unpaired) electrons. The van der Waals surface area contributed by atoms with Crippen molar-refractivity contribution in [3.8, 4) is 5.75 Å². The van der Waals surface area contributed by atoms with Gasteiger partial charge in [0.1, 0.15) is 11.4 Å². The van der Waals surface area contributed by atoms with Crippen molar-refractivity contribution >= 4 is 25.0 Å². The molecule has 83 heavy (non-hydrogen) atoms. The van der Waals surface area contributed by atoms with Gasteiger partial charge in [0.05, 0.1) is 50.8 Å². The topological polar surface area (TPSA) is 84.8 Å². The molecule has 462 valence electrons. The summed E-state index contributed by atoms with van der Waals surface area (Å²) in [6.45, 7) is 50.0. The summed E-state index contributed by atoms with van der Waals surface area (Å²) >= 11 is 0. The van der Waals surface area contributed by atoms with Crippen LogP contribution in [0.1, 0.15) is 158 Å². The maximum Gasteiger partial charge on any atom is 0.192 e. The molecule has 1 aliphatic heterocycles. The molecule has 1 N–H and O–H groups in total. The predicted molar refractivity (Wildman–Crippen MR) is 356 cm³/mol. The van der Waals surface area contributed by atoms with Crippen molar-refractivity contribution in [2.45, 2.75) is 226 Å². The normalized spacial score (nSPS) is 20.6. The monoisotopic (exact) mass is 1190 g/mol. The van der Waals surface area contributed by atoms with Crippen LogP contribution in [0.15, 0.2) is 140 Å². The van der Waals surface area contributed by atoms with E-state index in [1.54, 1.807) is 7.11 Å². The molecule has 5 rings (SSSR count). The van der Waals surface area contributed by atoms with E-state index in [-0.39, 0.29) is 69.1 Å². The minimum Gasteiger partial charge on any atom is -0.497 e. The Labute approximate surface area is 509 Å². The Morgan fingerprint density at radius 3 is 1.55 bits per heavy atom. The van der Waals surface area contributed by atoms with Gasteiger partial charge in [-0.1, -0.05) is 231 Å². The van der Waals surface area contributed by atoms with E-state index in [0.717, 1.165) is 47.3 Å². The summed E-state index contributed by atoms with van der Waals surface area (Å²) in [7, 11) is -5.09. The van der Waals surface area contributed by atoms with Crippen molar-refractivity contribution < 1.29 is 37.3 Å².